The molecule has 1 saturated carbocycles. The van der Waals surface area contributed by atoms with Crippen LogP contribution in [0.3, 0.4) is 0 Å². The minimum Gasteiger partial charge on any atom is -0.339 e. The second-order valence-electron chi connectivity index (χ2n) is 8.46. The Hall–Kier alpha value is -2.42. The molecule has 33 heavy (non-hydrogen) atoms. The highest BCUT2D eigenvalue weighted by Gasteiger charge is 2.31. The Morgan fingerprint density at radius 1 is 1.06 bits per heavy atom. The van der Waals surface area contributed by atoms with Crippen molar-refractivity contribution in [1.29, 1.82) is 0 Å². The molecule has 2 fully saturated rings. The molecule has 9 heteroatoms. The lowest BCUT2D eigenvalue weighted by Crippen LogP contribution is -2.48. The van der Waals surface area contributed by atoms with Gasteiger partial charge >= 0.3 is 0 Å². The predicted molar refractivity (Wildman–Crippen MR) is 128 cm³/mol. The average molecular weight is 486 g/mol. The molecule has 0 spiro atoms. The summed E-state index contributed by atoms with van der Waals surface area (Å²) >= 11 is 7.48. The number of nitrogens with zero attached hydrogens (tertiary/aromatic N) is 5. The Morgan fingerprint density at radius 3 is 2.58 bits per heavy atom. The first-order valence-corrected chi connectivity index (χ1v) is 12.5. The van der Waals surface area contributed by atoms with Gasteiger partial charge in [0.25, 0.3) is 0 Å². The lowest BCUT2D eigenvalue weighted by atomic mass is 10.2. The fourth-order valence-electron chi connectivity index (χ4n) is 4.13. The van der Waals surface area contributed by atoms with Gasteiger partial charge in [-0.25, -0.2) is 4.39 Å². The van der Waals surface area contributed by atoms with Crippen LogP contribution < -0.4 is 0 Å². The Kier molecular flexibility index (Phi) is 6.66. The van der Waals surface area contributed by atoms with E-state index in [-0.39, 0.29) is 17.8 Å². The fraction of sp³-hybridized carbons (Fsp3) is 0.375. The highest BCUT2D eigenvalue weighted by atomic mass is 35.5. The number of thioether (sulfide) groups is 1. The number of aromatic nitrogens is 3. The van der Waals surface area contributed by atoms with Crippen molar-refractivity contribution in [3.05, 3.63) is 64.9 Å². The molecule has 1 aliphatic carbocycles. The number of carbonyl (C=O) groups is 1. The van der Waals surface area contributed by atoms with Crippen LogP contribution in [0.1, 0.15) is 24.4 Å². The van der Waals surface area contributed by atoms with Crippen LogP contribution in [0, 0.1) is 5.82 Å². The van der Waals surface area contributed by atoms with Gasteiger partial charge in [0, 0.05) is 43.8 Å². The summed E-state index contributed by atoms with van der Waals surface area (Å²) in [4.78, 5) is 17.1. The molecule has 2 heterocycles. The van der Waals surface area contributed by atoms with Gasteiger partial charge < -0.3 is 4.90 Å². The molecule has 0 atom stereocenters. The quantitative estimate of drug-likeness (QED) is 0.461. The summed E-state index contributed by atoms with van der Waals surface area (Å²) < 4.78 is 16.3. The van der Waals surface area contributed by atoms with E-state index in [1.807, 2.05) is 27.7 Å². The third kappa shape index (κ3) is 5.23. The van der Waals surface area contributed by atoms with Crippen LogP contribution in [-0.4, -0.2) is 62.4 Å². The molecular formula is C24H25ClFN5OS. The molecule has 1 aromatic heterocycles. The normalized spacial score (nSPS) is 16.8. The minimum atomic E-state index is -0.310. The predicted octanol–water partition coefficient (Wildman–Crippen LogP) is 4.51. The number of carbonyl (C=O) groups excluding carboxylic acids is 1. The summed E-state index contributed by atoms with van der Waals surface area (Å²) in [6.45, 7) is 3.91. The zero-order valence-electron chi connectivity index (χ0n) is 18.2. The van der Waals surface area contributed by atoms with Gasteiger partial charge in [-0.05, 0) is 42.7 Å². The smallest absolute Gasteiger partial charge is 0.233 e. The number of amides is 1. The maximum Gasteiger partial charge on any atom is 0.233 e. The topological polar surface area (TPSA) is 54.3 Å². The Balaban J connectivity index is 1.18. The maximum absolute atomic E-state index is 14.3. The number of halogens is 2. The number of hydrogen-bond acceptors (Lipinski definition) is 5. The standard InChI is InChI=1S/C24H25ClFN5OS/c25-18-5-3-4-17(14-18)15-29-10-12-30(13-11-29)22(32)16-33-24-28-27-23(31(24)19-8-9-19)20-6-1-2-7-21(20)26/h1-7,14,19H,8-13,15-16H2. The van der Waals surface area contributed by atoms with Gasteiger partial charge in [0.1, 0.15) is 5.82 Å². The molecule has 5 rings (SSSR count). The third-order valence-corrected chi connectivity index (χ3v) is 7.20. The Labute approximate surface area is 201 Å². The Morgan fingerprint density at radius 2 is 1.85 bits per heavy atom. The van der Waals surface area contributed by atoms with Crippen molar-refractivity contribution in [2.24, 2.45) is 0 Å². The van der Waals surface area contributed by atoms with E-state index in [9.17, 15) is 9.18 Å². The molecule has 2 aliphatic rings. The largest absolute Gasteiger partial charge is 0.339 e. The average Bonchev–Trinajstić information content (AvgIpc) is 3.57. The first-order chi connectivity index (χ1) is 16.1. The van der Waals surface area contributed by atoms with Gasteiger partial charge in [0.05, 0.1) is 11.3 Å². The number of piperazine rings is 1. The van der Waals surface area contributed by atoms with Gasteiger partial charge in [-0.1, -0.05) is 47.6 Å². The van der Waals surface area contributed by atoms with Crippen molar-refractivity contribution < 1.29 is 9.18 Å². The first kappa shape index (κ1) is 22.4. The van der Waals surface area contributed by atoms with E-state index in [0.29, 0.717) is 35.4 Å². The molecule has 0 radical (unpaired) electrons. The summed E-state index contributed by atoms with van der Waals surface area (Å²) in [5.41, 5.74) is 1.63. The van der Waals surface area contributed by atoms with Crippen LogP contribution in [0.25, 0.3) is 11.4 Å². The highest BCUT2D eigenvalue weighted by molar-refractivity contribution is 7.99. The van der Waals surface area contributed by atoms with Crippen LogP contribution in [-0.2, 0) is 11.3 Å². The van der Waals surface area contributed by atoms with E-state index in [1.54, 1.807) is 18.2 Å². The van der Waals surface area contributed by atoms with Crippen LogP contribution in [0.15, 0.2) is 53.7 Å². The Bertz CT molecular complexity index is 1140. The van der Waals surface area contributed by atoms with Crippen molar-refractivity contribution >= 4 is 29.3 Å². The molecule has 172 valence electrons. The van der Waals surface area contributed by atoms with Gasteiger partial charge in [0.15, 0.2) is 11.0 Å². The molecule has 0 unspecified atom stereocenters. The number of benzene rings is 2. The van der Waals surface area contributed by atoms with Crippen molar-refractivity contribution in [3.8, 4) is 11.4 Å². The van der Waals surface area contributed by atoms with Crippen LogP contribution in [0.2, 0.25) is 5.02 Å². The van der Waals surface area contributed by atoms with E-state index < -0.39 is 0 Å². The minimum absolute atomic E-state index is 0.0974. The third-order valence-electron chi connectivity index (χ3n) is 6.04. The monoisotopic (exact) mass is 485 g/mol. The van der Waals surface area contributed by atoms with E-state index in [0.717, 1.165) is 37.5 Å². The van der Waals surface area contributed by atoms with Gasteiger partial charge in [-0.2, -0.15) is 0 Å². The summed E-state index contributed by atoms with van der Waals surface area (Å²) in [6.07, 6.45) is 2.05. The van der Waals surface area contributed by atoms with Gasteiger partial charge in [0.2, 0.25) is 5.91 Å². The first-order valence-electron chi connectivity index (χ1n) is 11.2. The van der Waals surface area contributed by atoms with E-state index in [2.05, 4.69) is 21.2 Å². The molecule has 0 N–H and O–H groups in total. The summed E-state index contributed by atoms with van der Waals surface area (Å²) in [7, 11) is 0. The molecule has 1 aliphatic heterocycles. The summed E-state index contributed by atoms with van der Waals surface area (Å²) in [5.74, 6) is 0.631. The van der Waals surface area contributed by atoms with Gasteiger partial charge in [-0.15, -0.1) is 10.2 Å². The molecular weight excluding hydrogens is 461 g/mol. The van der Waals surface area contributed by atoms with E-state index in [4.69, 9.17) is 11.6 Å². The molecule has 0 bridgehead atoms. The van der Waals surface area contributed by atoms with Crippen molar-refractivity contribution in [1.82, 2.24) is 24.6 Å². The van der Waals surface area contributed by atoms with E-state index >= 15 is 0 Å². The number of hydrogen-bond donors (Lipinski definition) is 0. The van der Waals surface area contributed by atoms with Crippen molar-refractivity contribution in [2.75, 3.05) is 31.9 Å². The number of rotatable bonds is 7. The van der Waals surface area contributed by atoms with Gasteiger partial charge in [-0.3, -0.25) is 14.3 Å². The van der Waals surface area contributed by atoms with Crippen LogP contribution >= 0.6 is 23.4 Å². The van der Waals surface area contributed by atoms with Crippen molar-refractivity contribution in [2.45, 2.75) is 30.6 Å². The second-order valence-corrected chi connectivity index (χ2v) is 9.84. The van der Waals surface area contributed by atoms with Crippen LogP contribution in [0.5, 0.6) is 0 Å². The zero-order chi connectivity index (χ0) is 22.8. The maximum atomic E-state index is 14.3. The second kappa shape index (κ2) is 9.83. The highest BCUT2D eigenvalue weighted by Crippen LogP contribution is 2.41. The SMILES string of the molecule is O=C(CSc1nnc(-c2ccccc2F)n1C1CC1)N1CCN(Cc2cccc(Cl)c2)CC1. The zero-order valence-corrected chi connectivity index (χ0v) is 19.7. The summed E-state index contributed by atoms with van der Waals surface area (Å²) in [5, 5.41) is 9.99. The molecule has 6 nitrogen and oxygen atoms in total. The lowest BCUT2D eigenvalue weighted by Gasteiger charge is -2.34. The molecule has 2 aromatic carbocycles. The molecule has 1 saturated heterocycles. The fourth-order valence-corrected chi connectivity index (χ4v) is 5.25. The van der Waals surface area contributed by atoms with E-state index in [1.165, 1.54) is 23.4 Å². The lowest BCUT2D eigenvalue weighted by molar-refractivity contribution is -0.130. The molecule has 3 aromatic rings. The molecule has 1 amide bonds. The summed E-state index contributed by atoms with van der Waals surface area (Å²) in [6, 6.07) is 14.8. The van der Waals surface area contributed by atoms with Crippen LogP contribution in [0.4, 0.5) is 4.39 Å². The van der Waals surface area contributed by atoms with Crippen molar-refractivity contribution in [3.63, 3.8) is 0 Å².